The largest absolute Gasteiger partial charge is 0.480 e. The lowest BCUT2D eigenvalue weighted by molar-refractivity contribution is -0.136. The second-order valence-electron chi connectivity index (χ2n) is 1.21. The molecule has 42 valence electrons. The summed E-state index contributed by atoms with van der Waals surface area (Å²) in [7, 11) is 0. The van der Waals surface area contributed by atoms with E-state index in [1.165, 1.54) is 0 Å². The molecule has 7 heavy (non-hydrogen) atoms. The van der Waals surface area contributed by atoms with E-state index < -0.39 is 5.97 Å². The van der Waals surface area contributed by atoms with Gasteiger partial charge in [0.05, 0.1) is 0 Å². The monoisotopic (exact) mass is 166 g/mol. The van der Waals surface area contributed by atoms with Crippen molar-refractivity contribution in [1.29, 1.82) is 0 Å². The molecule has 0 spiro atoms. The molecule has 3 heteroatoms. The molecule has 0 aliphatic carbocycles. The van der Waals surface area contributed by atoms with E-state index in [1.807, 2.05) is 6.92 Å². The highest BCUT2D eigenvalue weighted by atomic mass is 79.9. The van der Waals surface area contributed by atoms with Crippen molar-refractivity contribution in [2.24, 2.45) is 0 Å². The Hall–Kier alpha value is -0.0500. The molecule has 0 aliphatic rings. The predicted molar refractivity (Wildman–Crippen MR) is 30.6 cm³/mol. The van der Waals surface area contributed by atoms with Gasteiger partial charge in [-0.1, -0.05) is 22.9 Å². The molecule has 0 bridgehead atoms. The second kappa shape index (κ2) is 3.02. The van der Waals surface area contributed by atoms with Crippen LogP contribution in [0.3, 0.4) is 0 Å². The molecule has 0 amide bonds. The highest BCUT2D eigenvalue weighted by Crippen LogP contribution is 2.02. The molecule has 0 aromatic rings. The third-order valence-electron chi connectivity index (χ3n) is 0.626. The second-order valence-corrected chi connectivity index (χ2v) is 2.32. The smallest absolute Gasteiger partial charge is 0.317 e. The fraction of sp³-hybridized carbons (Fsp3) is 0.750. The van der Waals surface area contributed by atoms with Crippen LogP contribution in [0, 0.1) is 0 Å². The summed E-state index contributed by atoms with van der Waals surface area (Å²) < 4.78 is 0. The molecular weight excluding hydrogens is 160 g/mol. The molecule has 2 nitrogen and oxygen atoms in total. The summed E-state index contributed by atoms with van der Waals surface area (Å²) in [6.07, 6.45) is 0.634. The van der Waals surface area contributed by atoms with Crippen molar-refractivity contribution in [3.8, 4) is 0 Å². The van der Waals surface area contributed by atoms with Crippen molar-refractivity contribution in [2.75, 3.05) is 0 Å². The molecule has 0 aliphatic heterocycles. The standard InChI is InChI=1S/C4H7BrO2/c1-2-3(5)4(6)7/h3H,2H2,1H3,(H,6,7)/t3-/m0/s1. The first-order chi connectivity index (χ1) is 3.18. The Labute approximate surface area is 50.7 Å². The highest BCUT2D eigenvalue weighted by Gasteiger charge is 2.07. The average Bonchev–Trinajstić information content (AvgIpc) is 1.65. The van der Waals surface area contributed by atoms with E-state index in [1.54, 1.807) is 0 Å². The number of hydrogen-bond acceptors (Lipinski definition) is 1. The van der Waals surface area contributed by atoms with Crippen molar-refractivity contribution in [3.63, 3.8) is 0 Å². The molecule has 0 heterocycles. The zero-order chi connectivity index (χ0) is 5.86. The minimum Gasteiger partial charge on any atom is -0.480 e. The van der Waals surface area contributed by atoms with E-state index in [4.69, 9.17) is 5.11 Å². The number of hydrogen-bond donors (Lipinski definition) is 1. The van der Waals surface area contributed by atoms with Crippen LogP contribution in [0.1, 0.15) is 13.3 Å². The first-order valence-corrected chi connectivity index (χ1v) is 2.97. The van der Waals surface area contributed by atoms with E-state index in [2.05, 4.69) is 15.9 Å². The summed E-state index contributed by atoms with van der Waals surface area (Å²) in [5.41, 5.74) is 0. The Morgan fingerprint density at radius 2 is 2.43 bits per heavy atom. The topological polar surface area (TPSA) is 37.3 Å². The first kappa shape index (κ1) is 6.95. The summed E-state index contributed by atoms with van der Waals surface area (Å²) in [6, 6.07) is 0. The molecule has 0 rings (SSSR count). The normalized spacial score (nSPS) is 13.4. The van der Waals surface area contributed by atoms with Crippen LogP contribution >= 0.6 is 15.9 Å². The molecule has 0 saturated heterocycles. The minimum absolute atomic E-state index is 0.368. The lowest BCUT2D eigenvalue weighted by atomic mass is 10.3. The quantitative estimate of drug-likeness (QED) is 0.628. The van der Waals surface area contributed by atoms with Gasteiger partial charge >= 0.3 is 5.97 Å². The summed E-state index contributed by atoms with van der Waals surface area (Å²) in [5.74, 6) is -0.789. The van der Waals surface area contributed by atoms with Crippen LogP contribution in [0.4, 0.5) is 0 Å². The van der Waals surface area contributed by atoms with Gasteiger partial charge in [-0.05, 0) is 6.42 Å². The fourth-order valence-corrected chi connectivity index (χ4v) is 0.175. The van der Waals surface area contributed by atoms with Gasteiger partial charge in [-0.25, -0.2) is 0 Å². The van der Waals surface area contributed by atoms with Crippen LogP contribution in [-0.4, -0.2) is 15.9 Å². The van der Waals surface area contributed by atoms with Crippen LogP contribution < -0.4 is 0 Å². The molecule has 0 aromatic heterocycles. The Kier molecular flexibility index (Phi) is 3.00. The molecule has 1 N–H and O–H groups in total. The molecule has 1 atom stereocenters. The van der Waals surface area contributed by atoms with E-state index in [0.29, 0.717) is 6.42 Å². The zero-order valence-electron chi connectivity index (χ0n) is 4.02. The molecule has 0 radical (unpaired) electrons. The zero-order valence-corrected chi connectivity index (χ0v) is 5.60. The number of carboxylic acids is 1. The van der Waals surface area contributed by atoms with Gasteiger partial charge in [0.15, 0.2) is 0 Å². The van der Waals surface area contributed by atoms with Crippen molar-refractivity contribution in [1.82, 2.24) is 0 Å². The van der Waals surface area contributed by atoms with Crippen LogP contribution in [0.25, 0.3) is 0 Å². The van der Waals surface area contributed by atoms with Gasteiger partial charge in [0.25, 0.3) is 0 Å². The maximum atomic E-state index is 9.88. The Morgan fingerprint density at radius 3 is 2.43 bits per heavy atom. The van der Waals surface area contributed by atoms with Gasteiger partial charge in [-0.2, -0.15) is 0 Å². The van der Waals surface area contributed by atoms with Gasteiger partial charge in [0.2, 0.25) is 0 Å². The van der Waals surface area contributed by atoms with E-state index in [9.17, 15) is 4.79 Å². The number of carboxylic acid groups (broad SMARTS) is 1. The number of rotatable bonds is 2. The van der Waals surface area contributed by atoms with Gasteiger partial charge in [0.1, 0.15) is 4.83 Å². The highest BCUT2D eigenvalue weighted by molar-refractivity contribution is 9.10. The average molecular weight is 167 g/mol. The van der Waals surface area contributed by atoms with Gasteiger partial charge in [-0.15, -0.1) is 0 Å². The molecule has 0 unspecified atom stereocenters. The lowest BCUT2D eigenvalue weighted by Crippen LogP contribution is -2.09. The lowest BCUT2D eigenvalue weighted by Gasteiger charge is -1.94. The number of alkyl halides is 1. The van der Waals surface area contributed by atoms with Gasteiger partial charge < -0.3 is 5.11 Å². The fourth-order valence-electron chi connectivity index (χ4n) is 0.175. The van der Waals surface area contributed by atoms with E-state index in [-0.39, 0.29) is 4.83 Å². The van der Waals surface area contributed by atoms with Crippen molar-refractivity contribution in [3.05, 3.63) is 0 Å². The third kappa shape index (κ3) is 2.62. The van der Waals surface area contributed by atoms with E-state index >= 15 is 0 Å². The summed E-state index contributed by atoms with van der Waals surface area (Å²) in [5, 5.41) is 8.14. The third-order valence-corrected chi connectivity index (χ3v) is 1.67. The van der Waals surface area contributed by atoms with Crippen molar-refractivity contribution < 1.29 is 9.90 Å². The maximum absolute atomic E-state index is 9.88. The number of halogens is 1. The van der Waals surface area contributed by atoms with Crippen LogP contribution in [0.15, 0.2) is 0 Å². The van der Waals surface area contributed by atoms with Crippen LogP contribution in [-0.2, 0) is 4.79 Å². The van der Waals surface area contributed by atoms with Gasteiger partial charge in [0, 0.05) is 0 Å². The summed E-state index contributed by atoms with van der Waals surface area (Å²) in [4.78, 5) is 9.52. The SMILES string of the molecule is CC[C@H](Br)C(=O)O. The number of aliphatic carboxylic acids is 1. The first-order valence-electron chi connectivity index (χ1n) is 2.05. The minimum atomic E-state index is -0.789. The summed E-state index contributed by atoms with van der Waals surface area (Å²) >= 11 is 2.94. The molecule has 0 fully saturated rings. The summed E-state index contributed by atoms with van der Waals surface area (Å²) in [6.45, 7) is 1.81. The van der Waals surface area contributed by atoms with Crippen molar-refractivity contribution >= 4 is 21.9 Å². The Balaban J connectivity index is 3.34. The van der Waals surface area contributed by atoms with Crippen LogP contribution in [0.5, 0.6) is 0 Å². The molecule has 0 aromatic carbocycles. The number of carbonyl (C=O) groups is 1. The maximum Gasteiger partial charge on any atom is 0.317 e. The molecule has 0 saturated carbocycles. The Morgan fingerprint density at radius 1 is 2.00 bits per heavy atom. The predicted octanol–water partition coefficient (Wildman–Crippen LogP) is 1.24. The Bertz CT molecular complexity index is 72.1. The van der Waals surface area contributed by atoms with Crippen LogP contribution in [0.2, 0.25) is 0 Å². The van der Waals surface area contributed by atoms with Crippen molar-refractivity contribution in [2.45, 2.75) is 18.2 Å². The molecular formula is C4H7BrO2. The van der Waals surface area contributed by atoms with E-state index in [0.717, 1.165) is 0 Å². The van der Waals surface area contributed by atoms with Gasteiger partial charge in [-0.3, -0.25) is 4.79 Å².